The predicted molar refractivity (Wildman–Crippen MR) is 279 cm³/mol. The fourth-order valence-electron chi connectivity index (χ4n) is 7.59. The summed E-state index contributed by atoms with van der Waals surface area (Å²) in [6.07, 6.45) is 67.5. The van der Waals surface area contributed by atoms with Gasteiger partial charge in [-0.3, -0.25) is 14.4 Å². The van der Waals surface area contributed by atoms with Crippen molar-refractivity contribution in [1.82, 2.24) is 0 Å². The van der Waals surface area contributed by atoms with E-state index in [-0.39, 0.29) is 37.5 Å². The summed E-state index contributed by atoms with van der Waals surface area (Å²) in [6.45, 7) is 6.47. The van der Waals surface area contributed by atoms with Crippen LogP contribution in [0.5, 0.6) is 0 Å². The number of rotatable bonds is 49. The van der Waals surface area contributed by atoms with Crippen molar-refractivity contribution in [2.45, 2.75) is 271 Å². The van der Waals surface area contributed by atoms with Crippen molar-refractivity contribution in [1.29, 1.82) is 0 Å². The number of hydrogen-bond donors (Lipinski definition) is 0. The van der Waals surface area contributed by atoms with Gasteiger partial charge >= 0.3 is 17.9 Å². The fraction of sp³-hybridized carbons (Fsp3) is 0.746. The largest absolute Gasteiger partial charge is 0.462 e. The average molecular weight is 907 g/mol. The minimum atomic E-state index is -0.799. The monoisotopic (exact) mass is 907 g/mol. The summed E-state index contributed by atoms with van der Waals surface area (Å²) in [4.78, 5) is 38.0. The first-order valence-electron chi connectivity index (χ1n) is 27.4. The Kier molecular flexibility index (Phi) is 50.9. The lowest BCUT2D eigenvalue weighted by molar-refractivity contribution is -0.167. The number of hydrogen-bond acceptors (Lipinski definition) is 6. The molecule has 0 radical (unpaired) electrons. The Morgan fingerprint density at radius 3 is 1.03 bits per heavy atom. The summed E-state index contributed by atoms with van der Waals surface area (Å²) in [5, 5.41) is 0. The third-order valence-corrected chi connectivity index (χ3v) is 11.7. The van der Waals surface area contributed by atoms with E-state index in [1.54, 1.807) is 0 Å². The first kappa shape index (κ1) is 61.9. The van der Waals surface area contributed by atoms with Crippen LogP contribution in [-0.2, 0) is 28.6 Å². The highest BCUT2D eigenvalue weighted by Crippen LogP contribution is 2.16. The fourth-order valence-corrected chi connectivity index (χ4v) is 7.59. The van der Waals surface area contributed by atoms with Gasteiger partial charge in [-0.15, -0.1) is 0 Å². The van der Waals surface area contributed by atoms with Gasteiger partial charge in [-0.05, 0) is 83.5 Å². The standard InChI is InChI=1S/C59H102O6/c1-4-7-10-13-16-19-22-25-27-29-31-34-37-40-43-46-49-52-58(61)64-55-56(54-63-57(60)51-48-45-42-39-36-33-24-21-18-15-12-9-6-3)65-59(62)53-50-47-44-41-38-35-32-30-28-26-23-20-17-14-11-8-5-2/h7,10,16,19,21,24-25,27,31,34,40,43,56H,4-6,8-9,11-15,17-18,20,22-23,26,28-30,32-33,35-39,41-42,44-55H2,1-3H3/b10-7-,19-16-,24-21-,27-25-,34-31-,43-40-/t56-/m1/s1. The van der Waals surface area contributed by atoms with E-state index in [0.29, 0.717) is 19.3 Å². The van der Waals surface area contributed by atoms with Crippen molar-refractivity contribution in [2.75, 3.05) is 13.2 Å². The number of allylic oxidation sites excluding steroid dienone is 12. The molecular formula is C59H102O6. The van der Waals surface area contributed by atoms with E-state index in [9.17, 15) is 14.4 Å². The molecule has 0 fully saturated rings. The molecule has 0 aromatic heterocycles. The van der Waals surface area contributed by atoms with Crippen LogP contribution in [0.15, 0.2) is 72.9 Å². The van der Waals surface area contributed by atoms with Gasteiger partial charge in [0.25, 0.3) is 0 Å². The zero-order valence-electron chi connectivity index (χ0n) is 42.7. The Morgan fingerprint density at radius 2 is 0.615 bits per heavy atom. The molecule has 0 bridgehead atoms. The van der Waals surface area contributed by atoms with Crippen molar-refractivity contribution in [2.24, 2.45) is 0 Å². The van der Waals surface area contributed by atoms with Gasteiger partial charge in [-0.25, -0.2) is 0 Å². The number of unbranched alkanes of at least 4 members (excludes halogenated alkanes) is 26. The van der Waals surface area contributed by atoms with Gasteiger partial charge in [-0.2, -0.15) is 0 Å². The molecule has 6 heteroatoms. The van der Waals surface area contributed by atoms with E-state index in [1.807, 2.05) is 0 Å². The molecule has 0 saturated carbocycles. The van der Waals surface area contributed by atoms with Crippen molar-refractivity contribution in [3.05, 3.63) is 72.9 Å². The summed E-state index contributed by atoms with van der Waals surface area (Å²) in [5.41, 5.74) is 0. The molecule has 1 atom stereocenters. The summed E-state index contributed by atoms with van der Waals surface area (Å²) in [7, 11) is 0. The van der Waals surface area contributed by atoms with Gasteiger partial charge < -0.3 is 14.2 Å². The topological polar surface area (TPSA) is 78.9 Å². The predicted octanol–water partition coefficient (Wildman–Crippen LogP) is 18.2. The second kappa shape index (κ2) is 53.5. The average Bonchev–Trinajstić information content (AvgIpc) is 3.30. The molecule has 0 aliphatic rings. The quantitative estimate of drug-likeness (QED) is 0.0262. The van der Waals surface area contributed by atoms with E-state index in [2.05, 4.69) is 93.7 Å². The molecule has 0 heterocycles. The highest BCUT2D eigenvalue weighted by molar-refractivity contribution is 5.71. The highest BCUT2D eigenvalue weighted by atomic mass is 16.6. The maximum atomic E-state index is 12.8. The second-order valence-corrected chi connectivity index (χ2v) is 18.1. The Morgan fingerprint density at radius 1 is 0.323 bits per heavy atom. The Labute approximate surface area is 402 Å². The van der Waals surface area contributed by atoms with Crippen molar-refractivity contribution >= 4 is 17.9 Å². The molecule has 65 heavy (non-hydrogen) atoms. The van der Waals surface area contributed by atoms with E-state index in [4.69, 9.17) is 14.2 Å². The molecule has 0 spiro atoms. The molecule has 0 rings (SSSR count). The molecule has 0 N–H and O–H groups in total. The van der Waals surface area contributed by atoms with E-state index < -0.39 is 6.10 Å². The molecule has 0 unspecified atom stereocenters. The number of ether oxygens (including phenoxy) is 3. The normalized spacial score (nSPS) is 12.6. The zero-order chi connectivity index (χ0) is 47.2. The zero-order valence-corrected chi connectivity index (χ0v) is 42.7. The van der Waals surface area contributed by atoms with Crippen molar-refractivity contribution in [3.63, 3.8) is 0 Å². The van der Waals surface area contributed by atoms with Crippen molar-refractivity contribution in [3.8, 4) is 0 Å². The highest BCUT2D eigenvalue weighted by Gasteiger charge is 2.19. The molecular weight excluding hydrogens is 805 g/mol. The minimum absolute atomic E-state index is 0.0955. The molecule has 0 aromatic rings. The van der Waals surface area contributed by atoms with Crippen molar-refractivity contribution < 1.29 is 28.6 Å². The molecule has 0 aromatic carbocycles. The Bertz CT molecular complexity index is 1230. The lowest BCUT2D eigenvalue weighted by Crippen LogP contribution is -2.30. The van der Waals surface area contributed by atoms with Gasteiger partial charge in [0.15, 0.2) is 6.10 Å². The van der Waals surface area contributed by atoms with Gasteiger partial charge in [0.2, 0.25) is 0 Å². The minimum Gasteiger partial charge on any atom is -0.462 e. The third-order valence-electron chi connectivity index (χ3n) is 11.7. The first-order chi connectivity index (χ1) is 32.0. The van der Waals surface area contributed by atoms with Gasteiger partial charge in [0.1, 0.15) is 13.2 Å². The van der Waals surface area contributed by atoms with Crippen LogP contribution in [0.1, 0.15) is 265 Å². The molecule has 6 nitrogen and oxygen atoms in total. The molecule has 0 aliphatic heterocycles. The van der Waals surface area contributed by atoms with Gasteiger partial charge in [0, 0.05) is 19.3 Å². The van der Waals surface area contributed by atoms with Crippen LogP contribution in [-0.4, -0.2) is 37.2 Å². The number of esters is 3. The lowest BCUT2D eigenvalue weighted by atomic mass is 10.0. The maximum absolute atomic E-state index is 12.8. The SMILES string of the molecule is CC/C=C\C/C=C\C/C=C\C/C=C\C/C=C\CCCC(=O)OC[C@@H](COC(=O)CCCCCCC/C=C\CCCCCC)OC(=O)CCCCCCCCCCCCCCCCCCC. The molecule has 374 valence electrons. The number of carbonyl (C=O) groups is 3. The van der Waals surface area contributed by atoms with Crippen LogP contribution in [0.4, 0.5) is 0 Å². The van der Waals surface area contributed by atoms with Crippen LogP contribution in [0, 0.1) is 0 Å². The third kappa shape index (κ3) is 51.7. The summed E-state index contributed by atoms with van der Waals surface area (Å²) < 4.78 is 16.8. The smallest absolute Gasteiger partial charge is 0.306 e. The lowest BCUT2D eigenvalue weighted by Gasteiger charge is -2.18. The van der Waals surface area contributed by atoms with E-state index in [1.165, 1.54) is 135 Å². The van der Waals surface area contributed by atoms with Crippen LogP contribution in [0.25, 0.3) is 0 Å². The molecule has 0 saturated heterocycles. The summed E-state index contributed by atoms with van der Waals surface area (Å²) >= 11 is 0. The van der Waals surface area contributed by atoms with Crippen LogP contribution in [0.2, 0.25) is 0 Å². The van der Waals surface area contributed by atoms with Crippen LogP contribution >= 0.6 is 0 Å². The maximum Gasteiger partial charge on any atom is 0.306 e. The van der Waals surface area contributed by atoms with Gasteiger partial charge in [0.05, 0.1) is 0 Å². The van der Waals surface area contributed by atoms with Crippen LogP contribution < -0.4 is 0 Å². The Balaban J connectivity index is 4.45. The van der Waals surface area contributed by atoms with E-state index >= 15 is 0 Å². The number of carbonyl (C=O) groups excluding carboxylic acids is 3. The summed E-state index contributed by atoms with van der Waals surface area (Å²) in [6, 6.07) is 0. The Hall–Kier alpha value is -3.15. The molecule has 0 amide bonds. The van der Waals surface area contributed by atoms with Crippen LogP contribution in [0.3, 0.4) is 0 Å². The second-order valence-electron chi connectivity index (χ2n) is 18.1. The summed E-state index contributed by atoms with van der Waals surface area (Å²) in [5.74, 6) is -0.957. The molecule has 0 aliphatic carbocycles. The van der Waals surface area contributed by atoms with E-state index in [0.717, 1.165) is 83.5 Å². The first-order valence-corrected chi connectivity index (χ1v) is 27.4. The van der Waals surface area contributed by atoms with Gasteiger partial charge in [-0.1, -0.05) is 235 Å².